The Kier molecular flexibility index (Phi) is 4.77. The summed E-state index contributed by atoms with van der Waals surface area (Å²) < 4.78 is 3.12. The quantitative estimate of drug-likeness (QED) is 0.594. The first-order valence-electron chi connectivity index (χ1n) is 7.31. The van der Waals surface area contributed by atoms with E-state index in [9.17, 15) is 14.9 Å². The third kappa shape index (κ3) is 3.55. The van der Waals surface area contributed by atoms with Gasteiger partial charge in [0, 0.05) is 19.8 Å². The minimum absolute atomic E-state index is 0.0889. The minimum Gasteiger partial charge on any atom is -0.338 e. The Hall–Kier alpha value is -2.71. The Labute approximate surface area is 133 Å². The lowest BCUT2D eigenvalue weighted by Crippen LogP contribution is -2.33. The number of hydrogen-bond acceptors (Lipinski definition) is 5. The second-order valence-electron chi connectivity index (χ2n) is 5.37. The fourth-order valence-electron chi connectivity index (χ4n) is 2.27. The number of aryl methyl sites for hydroxylation is 2. The zero-order chi connectivity index (χ0) is 17.1. The molecular weight excluding hydrogens is 300 g/mol. The Bertz CT molecular complexity index is 720. The van der Waals surface area contributed by atoms with E-state index in [1.165, 1.54) is 15.8 Å². The summed E-state index contributed by atoms with van der Waals surface area (Å²) in [5.74, 6) is -0.187. The van der Waals surface area contributed by atoms with Gasteiger partial charge in [-0.25, -0.2) is 0 Å². The van der Waals surface area contributed by atoms with Crippen LogP contribution in [0.5, 0.6) is 0 Å². The summed E-state index contributed by atoms with van der Waals surface area (Å²) in [6.45, 7) is 6.34. The zero-order valence-corrected chi connectivity index (χ0v) is 13.6. The van der Waals surface area contributed by atoms with Gasteiger partial charge in [-0.1, -0.05) is 0 Å². The number of aromatic nitrogens is 4. The molecule has 2 aromatic rings. The normalized spacial score (nSPS) is 12.2. The average Bonchev–Trinajstić information content (AvgIpc) is 3.11. The van der Waals surface area contributed by atoms with Crippen LogP contribution in [0.2, 0.25) is 0 Å². The largest absolute Gasteiger partial charge is 0.338 e. The van der Waals surface area contributed by atoms with Gasteiger partial charge in [-0.2, -0.15) is 10.2 Å². The molecule has 0 spiro atoms. The summed E-state index contributed by atoms with van der Waals surface area (Å²) in [5.41, 5.74) is 0.991. The molecule has 0 radical (unpaired) electrons. The van der Waals surface area contributed by atoms with Crippen molar-refractivity contribution in [3.05, 3.63) is 40.0 Å². The average molecular weight is 320 g/mol. The van der Waals surface area contributed by atoms with Gasteiger partial charge in [0.2, 0.25) is 5.91 Å². The molecule has 0 saturated heterocycles. The number of amides is 1. The number of carbonyl (C=O) groups is 1. The molecule has 0 N–H and O–H groups in total. The highest BCUT2D eigenvalue weighted by Gasteiger charge is 2.24. The van der Waals surface area contributed by atoms with E-state index in [4.69, 9.17) is 0 Å². The van der Waals surface area contributed by atoms with Gasteiger partial charge >= 0.3 is 5.69 Å². The van der Waals surface area contributed by atoms with E-state index in [0.717, 1.165) is 12.2 Å². The molecule has 0 aliphatic rings. The standard InChI is InChI=1S/C14H20N6O3/c1-5-18-7-6-12(16-18)8-17(4)14(21)11(3)19-9-13(20(22)23)10(2)15-19/h6-7,9,11H,5,8H2,1-4H3. The first-order chi connectivity index (χ1) is 10.8. The van der Waals surface area contributed by atoms with Gasteiger partial charge in [0.25, 0.3) is 0 Å². The van der Waals surface area contributed by atoms with Gasteiger partial charge in [-0.15, -0.1) is 0 Å². The third-order valence-corrected chi connectivity index (χ3v) is 3.64. The fourth-order valence-corrected chi connectivity index (χ4v) is 2.27. The summed E-state index contributed by atoms with van der Waals surface area (Å²) in [7, 11) is 1.68. The molecule has 9 nitrogen and oxygen atoms in total. The molecule has 2 aromatic heterocycles. The SMILES string of the molecule is CCn1ccc(CN(C)C(=O)C(C)n2cc([N+](=O)[O-])c(C)n2)n1. The van der Waals surface area contributed by atoms with Crippen molar-refractivity contribution < 1.29 is 9.72 Å². The van der Waals surface area contributed by atoms with Crippen LogP contribution in [-0.4, -0.2) is 42.3 Å². The molecule has 0 saturated carbocycles. The van der Waals surface area contributed by atoms with Crippen molar-refractivity contribution in [3.8, 4) is 0 Å². The van der Waals surface area contributed by atoms with Gasteiger partial charge in [-0.3, -0.25) is 24.3 Å². The van der Waals surface area contributed by atoms with Crippen LogP contribution in [0.3, 0.4) is 0 Å². The van der Waals surface area contributed by atoms with Crippen molar-refractivity contribution in [3.63, 3.8) is 0 Å². The number of nitro groups is 1. The van der Waals surface area contributed by atoms with Crippen LogP contribution in [0.25, 0.3) is 0 Å². The highest BCUT2D eigenvalue weighted by atomic mass is 16.6. The van der Waals surface area contributed by atoms with Crippen LogP contribution >= 0.6 is 0 Å². The Balaban J connectivity index is 2.09. The van der Waals surface area contributed by atoms with Crippen LogP contribution in [0, 0.1) is 17.0 Å². The van der Waals surface area contributed by atoms with Crippen LogP contribution < -0.4 is 0 Å². The van der Waals surface area contributed by atoms with Crippen molar-refractivity contribution in [2.75, 3.05) is 7.05 Å². The maximum atomic E-state index is 12.5. The molecule has 1 amide bonds. The zero-order valence-electron chi connectivity index (χ0n) is 13.6. The Morgan fingerprint density at radius 1 is 1.48 bits per heavy atom. The molecule has 2 rings (SSSR count). The molecule has 0 aliphatic carbocycles. The molecule has 1 unspecified atom stereocenters. The van der Waals surface area contributed by atoms with E-state index >= 15 is 0 Å². The molecule has 9 heteroatoms. The predicted octanol–water partition coefficient (Wildman–Crippen LogP) is 1.54. The fraction of sp³-hybridized carbons (Fsp3) is 0.500. The van der Waals surface area contributed by atoms with E-state index in [2.05, 4.69) is 10.2 Å². The number of carbonyl (C=O) groups excluding carboxylic acids is 1. The van der Waals surface area contributed by atoms with Crippen molar-refractivity contribution >= 4 is 11.6 Å². The highest BCUT2D eigenvalue weighted by Crippen LogP contribution is 2.19. The highest BCUT2D eigenvalue weighted by molar-refractivity contribution is 5.79. The van der Waals surface area contributed by atoms with Gasteiger partial charge in [0.15, 0.2) is 0 Å². The van der Waals surface area contributed by atoms with E-state index in [0.29, 0.717) is 12.2 Å². The molecule has 23 heavy (non-hydrogen) atoms. The lowest BCUT2D eigenvalue weighted by molar-refractivity contribution is -0.385. The molecule has 0 aliphatic heterocycles. The first kappa shape index (κ1) is 16.7. The van der Waals surface area contributed by atoms with E-state index in [1.54, 1.807) is 25.6 Å². The summed E-state index contributed by atoms with van der Waals surface area (Å²) in [6, 6.07) is 1.24. The van der Waals surface area contributed by atoms with Crippen molar-refractivity contribution in [1.29, 1.82) is 0 Å². The summed E-state index contributed by atoms with van der Waals surface area (Å²) in [5, 5.41) is 19.3. The van der Waals surface area contributed by atoms with E-state index in [1.807, 2.05) is 19.2 Å². The van der Waals surface area contributed by atoms with Crippen LogP contribution in [0.4, 0.5) is 5.69 Å². The smallest absolute Gasteiger partial charge is 0.309 e. The summed E-state index contributed by atoms with van der Waals surface area (Å²) >= 11 is 0. The Morgan fingerprint density at radius 2 is 2.17 bits per heavy atom. The molecule has 0 aromatic carbocycles. The lowest BCUT2D eigenvalue weighted by Gasteiger charge is -2.20. The predicted molar refractivity (Wildman–Crippen MR) is 82.7 cm³/mol. The van der Waals surface area contributed by atoms with Crippen LogP contribution in [0.15, 0.2) is 18.5 Å². The first-order valence-corrected chi connectivity index (χ1v) is 7.31. The molecule has 124 valence electrons. The van der Waals surface area contributed by atoms with Crippen LogP contribution in [0.1, 0.15) is 31.3 Å². The van der Waals surface area contributed by atoms with Gasteiger partial charge < -0.3 is 4.90 Å². The number of nitrogens with zero attached hydrogens (tertiary/aromatic N) is 6. The number of rotatable bonds is 6. The maximum absolute atomic E-state index is 12.5. The van der Waals surface area contributed by atoms with Gasteiger partial charge in [0.1, 0.15) is 17.9 Å². The van der Waals surface area contributed by atoms with Gasteiger partial charge in [-0.05, 0) is 26.8 Å². The van der Waals surface area contributed by atoms with Crippen molar-refractivity contribution in [1.82, 2.24) is 24.5 Å². The van der Waals surface area contributed by atoms with Gasteiger partial charge in [0.05, 0.1) is 17.2 Å². The molecule has 0 fully saturated rings. The second-order valence-corrected chi connectivity index (χ2v) is 5.37. The van der Waals surface area contributed by atoms with E-state index < -0.39 is 11.0 Å². The van der Waals surface area contributed by atoms with E-state index in [-0.39, 0.29) is 11.6 Å². The minimum atomic E-state index is -0.624. The number of hydrogen-bond donors (Lipinski definition) is 0. The monoisotopic (exact) mass is 320 g/mol. The third-order valence-electron chi connectivity index (χ3n) is 3.64. The molecule has 0 bridgehead atoms. The topological polar surface area (TPSA) is 99.1 Å². The second kappa shape index (κ2) is 6.59. The maximum Gasteiger partial charge on any atom is 0.309 e. The lowest BCUT2D eigenvalue weighted by atomic mass is 10.3. The van der Waals surface area contributed by atoms with Crippen molar-refractivity contribution in [2.24, 2.45) is 0 Å². The molecule has 1 atom stereocenters. The Morgan fingerprint density at radius 3 is 2.70 bits per heavy atom. The van der Waals surface area contributed by atoms with Crippen LogP contribution in [-0.2, 0) is 17.9 Å². The summed E-state index contributed by atoms with van der Waals surface area (Å²) in [4.78, 5) is 24.4. The summed E-state index contributed by atoms with van der Waals surface area (Å²) in [6.07, 6.45) is 3.15. The van der Waals surface area contributed by atoms with Crippen molar-refractivity contribution in [2.45, 2.75) is 39.9 Å². The molecule has 2 heterocycles. The number of likely N-dealkylation sites (N-methyl/N-ethyl adjacent to an activating group) is 1. The molecular formula is C14H20N6O3.